The van der Waals surface area contributed by atoms with E-state index in [1.807, 2.05) is 0 Å². The molecule has 3 nitrogen and oxygen atoms in total. The van der Waals surface area contributed by atoms with Crippen molar-refractivity contribution in [3.05, 3.63) is 24.3 Å². The summed E-state index contributed by atoms with van der Waals surface area (Å²) in [5.41, 5.74) is 0. The SMILES string of the molecule is CC(CCC=CCCCCCCCCCCCCBr)OCOCOC(C)CCC=CCCCCCCCCCCCCBr. The first-order chi connectivity index (χ1) is 21.2. The van der Waals surface area contributed by atoms with Gasteiger partial charge in [0.1, 0.15) is 13.6 Å². The molecule has 43 heavy (non-hydrogen) atoms. The van der Waals surface area contributed by atoms with E-state index in [0.717, 1.165) is 36.3 Å². The quantitative estimate of drug-likeness (QED) is 0.0277. The number of rotatable bonds is 36. The highest BCUT2D eigenvalue weighted by Crippen LogP contribution is 2.14. The first-order valence-electron chi connectivity index (χ1n) is 18.4. The van der Waals surface area contributed by atoms with Gasteiger partial charge in [0.15, 0.2) is 0 Å². The van der Waals surface area contributed by atoms with E-state index in [0.29, 0.717) is 13.6 Å². The molecule has 5 heteroatoms. The van der Waals surface area contributed by atoms with Crippen LogP contribution < -0.4 is 0 Å². The fourth-order valence-electron chi connectivity index (χ4n) is 5.20. The van der Waals surface area contributed by atoms with E-state index in [2.05, 4.69) is 70.0 Å². The Kier molecular flexibility index (Phi) is 38.8. The zero-order chi connectivity index (χ0) is 31.3. The fourth-order valence-corrected chi connectivity index (χ4v) is 6.00. The number of unbranched alkanes of at least 4 members (excludes halogenated alkanes) is 20. The van der Waals surface area contributed by atoms with Crippen molar-refractivity contribution in [3.8, 4) is 0 Å². The number of ether oxygens (including phenoxy) is 3. The van der Waals surface area contributed by atoms with Crippen LogP contribution in [-0.4, -0.2) is 36.5 Å². The number of halogens is 2. The van der Waals surface area contributed by atoms with Gasteiger partial charge < -0.3 is 14.2 Å². The zero-order valence-corrected chi connectivity index (χ0v) is 31.8. The maximum Gasteiger partial charge on any atom is 0.149 e. The molecule has 256 valence electrons. The van der Waals surface area contributed by atoms with Gasteiger partial charge in [-0.15, -0.1) is 0 Å². The minimum Gasteiger partial charge on any atom is -0.352 e. The third kappa shape index (κ3) is 38.4. The van der Waals surface area contributed by atoms with E-state index in [1.54, 1.807) is 0 Å². The number of hydrogen-bond acceptors (Lipinski definition) is 3. The van der Waals surface area contributed by atoms with E-state index in [1.165, 1.54) is 141 Å². The highest BCUT2D eigenvalue weighted by Gasteiger charge is 2.03. The Morgan fingerprint density at radius 1 is 0.395 bits per heavy atom. The smallest absolute Gasteiger partial charge is 0.149 e. The van der Waals surface area contributed by atoms with E-state index >= 15 is 0 Å². The lowest BCUT2D eigenvalue weighted by atomic mass is 10.1. The molecule has 0 radical (unpaired) electrons. The van der Waals surface area contributed by atoms with E-state index < -0.39 is 0 Å². The molecule has 0 saturated carbocycles. The molecule has 0 aliphatic carbocycles. The summed E-state index contributed by atoms with van der Waals surface area (Å²) in [6.07, 6.45) is 44.3. The predicted octanol–water partition coefficient (Wildman–Crippen LogP) is 13.8. The first kappa shape index (κ1) is 43.3. The highest BCUT2D eigenvalue weighted by atomic mass is 79.9. The Hall–Kier alpha value is 0.320. The molecule has 0 saturated heterocycles. The summed E-state index contributed by atoms with van der Waals surface area (Å²) in [4.78, 5) is 0. The van der Waals surface area contributed by atoms with Crippen LogP contribution >= 0.6 is 31.9 Å². The van der Waals surface area contributed by atoms with Crippen LogP contribution in [0.5, 0.6) is 0 Å². The maximum atomic E-state index is 5.78. The van der Waals surface area contributed by atoms with Crippen LogP contribution in [0.25, 0.3) is 0 Å². The van der Waals surface area contributed by atoms with Crippen molar-refractivity contribution in [2.75, 3.05) is 24.2 Å². The molecule has 0 rings (SSSR count). The minimum atomic E-state index is 0.214. The molecule has 0 aromatic rings. The van der Waals surface area contributed by atoms with Crippen molar-refractivity contribution in [1.29, 1.82) is 0 Å². The van der Waals surface area contributed by atoms with Crippen LogP contribution in [0.15, 0.2) is 24.3 Å². The van der Waals surface area contributed by atoms with Crippen LogP contribution in [0.4, 0.5) is 0 Å². The summed E-state index contributed by atoms with van der Waals surface area (Å²) in [6, 6.07) is 0. The Bertz CT molecular complexity index is 521. The summed E-state index contributed by atoms with van der Waals surface area (Å²) >= 11 is 7.02. The van der Waals surface area contributed by atoms with Crippen molar-refractivity contribution >= 4 is 31.9 Å². The molecule has 0 aromatic carbocycles. The second-order valence-corrected chi connectivity index (χ2v) is 14.1. The molecule has 0 amide bonds. The predicted molar refractivity (Wildman–Crippen MR) is 198 cm³/mol. The standard InChI is InChI=1S/C38H72Br2O3/c1-37(31-27-23-19-15-11-7-3-5-9-13-17-21-25-29-33-39)42-35-41-36-43-38(2)32-28-24-20-16-12-8-4-6-10-14-18-22-26-30-34-40/h19-20,23-24,37-38H,3-18,21-22,25-36H2,1-2H3. The summed E-state index contributed by atoms with van der Waals surface area (Å²) in [7, 11) is 0. The second-order valence-electron chi connectivity index (χ2n) is 12.5. The monoisotopic (exact) mass is 734 g/mol. The Balaban J connectivity index is 3.36. The van der Waals surface area contributed by atoms with Gasteiger partial charge in [0.05, 0.1) is 12.2 Å². The average molecular weight is 737 g/mol. The highest BCUT2D eigenvalue weighted by molar-refractivity contribution is 9.09. The molecule has 0 fully saturated rings. The van der Waals surface area contributed by atoms with E-state index in [9.17, 15) is 0 Å². The van der Waals surface area contributed by atoms with Crippen LogP contribution in [-0.2, 0) is 14.2 Å². The lowest BCUT2D eigenvalue weighted by Crippen LogP contribution is -2.15. The molecule has 0 N–H and O–H groups in total. The average Bonchev–Trinajstić information content (AvgIpc) is 3.00. The second kappa shape index (κ2) is 38.5. The van der Waals surface area contributed by atoms with Crippen molar-refractivity contribution < 1.29 is 14.2 Å². The van der Waals surface area contributed by atoms with Gasteiger partial charge in [-0.25, -0.2) is 0 Å². The lowest BCUT2D eigenvalue weighted by molar-refractivity contribution is -0.160. The van der Waals surface area contributed by atoms with Crippen LogP contribution in [0.2, 0.25) is 0 Å². The van der Waals surface area contributed by atoms with Gasteiger partial charge in [-0.3, -0.25) is 0 Å². The van der Waals surface area contributed by atoms with Crippen LogP contribution in [0.3, 0.4) is 0 Å². The van der Waals surface area contributed by atoms with Gasteiger partial charge in [0.25, 0.3) is 0 Å². The zero-order valence-electron chi connectivity index (χ0n) is 28.7. The van der Waals surface area contributed by atoms with Crippen molar-refractivity contribution in [1.82, 2.24) is 0 Å². The molecule has 0 spiro atoms. The number of alkyl halides is 2. The minimum absolute atomic E-state index is 0.214. The van der Waals surface area contributed by atoms with Crippen molar-refractivity contribution in [3.63, 3.8) is 0 Å². The summed E-state index contributed by atoms with van der Waals surface area (Å²) in [6.45, 7) is 4.88. The Morgan fingerprint density at radius 3 is 1.00 bits per heavy atom. The van der Waals surface area contributed by atoms with Gasteiger partial charge in [0, 0.05) is 10.7 Å². The molecular formula is C38H72Br2O3. The van der Waals surface area contributed by atoms with Gasteiger partial charge in [0.2, 0.25) is 0 Å². The molecule has 0 heterocycles. The molecule has 0 aliphatic heterocycles. The number of hydrogen-bond donors (Lipinski definition) is 0. The largest absolute Gasteiger partial charge is 0.352 e. The first-order valence-corrected chi connectivity index (χ1v) is 20.7. The number of allylic oxidation sites excluding steroid dienone is 4. The molecular weight excluding hydrogens is 664 g/mol. The van der Waals surface area contributed by atoms with Crippen LogP contribution in [0.1, 0.15) is 181 Å². The van der Waals surface area contributed by atoms with Gasteiger partial charge >= 0.3 is 0 Å². The molecule has 2 atom stereocenters. The third-order valence-electron chi connectivity index (χ3n) is 8.19. The molecule has 0 aromatic heterocycles. The van der Waals surface area contributed by atoms with Gasteiger partial charge in [-0.2, -0.15) is 0 Å². The molecule has 0 bridgehead atoms. The van der Waals surface area contributed by atoms with E-state index in [4.69, 9.17) is 14.2 Å². The van der Waals surface area contributed by atoms with E-state index in [-0.39, 0.29) is 12.2 Å². The molecule has 0 aliphatic rings. The van der Waals surface area contributed by atoms with Gasteiger partial charge in [-0.1, -0.05) is 159 Å². The van der Waals surface area contributed by atoms with Crippen LogP contribution in [0, 0.1) is 0 Å². The molecule has 2 unspecified atom stereocenters. The van der Waals surface area contributed by atoms with Gasteiger partial charge in [-0.05, 0) is 78.1 Å². The summed E-state index contributed by atoms with van der Waals surface area (Å²) < 4.78 is 17.1. The third-order valence-corrected chi connectivity index (χ3v) is 9.32. The Morgan fingerprint density at radius 2 is 0.674 bits per heavy atom. The normalized spacial score (nSPS) is 13.5. The summed E-state index contributed by atoms with van der Waals surface area (Å²) in [5, 5.41) is 2.33. The Labute approximate surface area is 286 Å². The maximum absolute atomic E-state index is 5.78. The summed E-state index contributed by atoms with van der Waals surface area (Å²) in [5.74, 6) is 0. The topological polar surface area (TPSA) is 27.7 Å². The van der Waals surface area contributed by atoms with Crippen molar-refractivity contribution in [2.24, 2.45) is 0 Å². The lowest BCUT2D eigenvalue weighted by Gasteiger charge is -2.14. The fraction of sp³-hybridized carbons (Fsp3) is 0.895. The van der Waals surface area contributed by atoms with Crippen molar-refractivity contribution in [2.45, 2.75) is 193 Å².